The molecule has 0 unspecified atom stereocenters. The molecule has 0 saturated carbocycles. The second-order valence-corrected chi connectivity index (χ2v) is 9.76. The number of nitrogens with one attached hydrogen (secondary N) is 1. The molecule has 0 aliphatic rings. The minimum Gasteiger partial charge on any atom is -0.491 e. The number of ether oxygens (including phenoxy) is 1. The first-order chi connectivity index (χ1) is 16.5. The van der Waals surface area contributed by atoms with Gasteiger partial charge in [-0.3, -0.25) is 9.10 Å². The van der Waals surface area contributed by atoms with Gasteiger partial charge in [0.25, 0.3) is 5.91 Å². The summed E-state index contributed by atoms with van der Waals surface area (Å²) in [6.45, 7) is 2.14. The van der Waals surface area contributed by atoms with Gasteiger partial charge in [0.1, 0.15) is 12.4 Å². The number of carbonyl (C=O) groups excluding carboxylic acids is 1. The van der Waals surface area contributed by atoms with Crippen LogP contribution in [0.25, 0.3) is 0 Å². The second kappa shape index (κ2) is 10.8. The highest BCUT2D eigenvalue weighted by Gasteiger charge is 2.36. The van der Waals surface area contributed by atoms with Crippen molar-refractivity contribution in [2.45, 2.75) is 19.6 Å². The highest BCUT2D eigenvalue weighted by Crippen LogP contribution is 2.37. The number of aryl methyl sites for hydroxylation is 1. The zero-order valence-corrected chi connectivity index (χ0v) is 20.0. The Kier molecular flexibility index (Phi) is 8.06. The lowest BCUT2D eigenvalue weighted by Gasteiger charge is -2.25. The van der Waals surface area contributed by atoms with Crippen LogP contribution in [0.3, 0.4) is 0 Å². The van der Waals surface area contributed by atoms with Gasteiger partial charge in [0.2, 0.25) is 10.0 Å². The van der Waals surface area contributed by atoms with Crippen molar-refractivity contribution in [3.63, 3.8) is 0 Å². The molecular formula is C25H25F3N2O4S. The molecule has 0 aliphatic heterocycles. The monoisotopic (exact) mass is 506 g/mol. The van der Waals surface area contributed by atoms with Crippen molar-refractivity contribution >= 4 is 21.6 Å². The Hall–Kier alpha value is -3.53. The van der Waals surface area contributed by atoms with Gasteiger partial charge in [0.15, 0.2) is 0 Å². The van der Waals surface area contributed by atoms with Crippen molar-refractivity contribution in [2.75, 3.05) is 23.7 Å². The van der Waals surface area contributed by atoms with Gasteiger partial charge >= 0.3 is 6.18 Å². The maximum absolute atomic E-state index is 13.4. The maximum atomic E-state index is 13.4. The number of anilines is 1. The first-order valence-electron chi connectivity index (χ1n) is 10.7. The largest absolute Gasteiger partial charge is 0.491 e. The molecule has 0 atom stereocenters. The number of sulfonamides is 1. The SMILES string of the molecule is Cc1ccccc1OCCNC(=O)c1ccc(CN(c2ccccc2C(F)(F)F)S(C)(=O)=O)cc1. The molecule has 6 nitrogen and oxygen atoms in total. The highest BCUT2D eigenvalue weighted by atomic mass is 32.2. The smallest absolute Gasteiger partial charge is 0.418 e. The Bertz CT molecular complexity index is 1280. The molecular weight excluding hydrogens is 481 g/mol. The molecule has 0 fully saturated rings. The molecule has 0 bridgehead atoms. The number of amides is 1. The number of hydrogen-bond acceptors (Lipinski definition) is 4. The van der Waals surface area contributed by atoms with Crippen molar-refractivity contribution in [1.82, 2.24) is 5.32 Å². The first-order valence-corrected chi connectivity index (χ1v) is 12.5. The molecule has 3 aromatic carbocycles. The van der Waals surface area contributed by atoms with Gasteiger partial charge < -0.3 is 10.1 Å². The van der Waals surface area contributed by atoms with Crippen LogP contribution < -0.4 is 14.4 Å². The van der Waals surface area contributed by atoms with Crippen LogP contribution >= 0.6 is 0 Å². The van der Waals surface area contributed by atoms with Crippen molar-refractivity contribution in [2.24, 2.45) is 0 Å². The van der Waals surface area contributed by atoms with Crippen molar-refractivity contribution < 1.29 is 31.1 Å². The first kappa shape index (κ1) is 26.1. The normalized spacial score (nSPS) is 11.7. The zero-order valence-electron chi connectivity index (χ0n) is 19.2. The maximum Gasteiger partial charge on any atom is 0.418 e. The zero-order chi connectivity index (χ0) is 25.6. The van der Waals surface area contributed by atoms with Crippen LogP contribution in [0.1, 0.15) is 27.0 Å². The summed E-state index contributed by atoms with van der Waals surface area (Å²) >= 11 is 0. The minimum absolute atomic E-state index is 0.269. The van der Waals surface area contributed by atoms with Gasteiger partial charge in [-0.15, -0.1) is 0 Å². The van der Waals surface area contributed by atoms with Gasteiger partial charge in [-0.2, -0.15) is 13.2 Å². The van der Waals surface area contributed by atoms with Crippen molar-refractivity contribution in [3.8, 4) is 5.75 Å². The van der Waals surface area contributed by atoms with E-state index in [0.29, 0.717) is 15.4 Å². The van der Waals surface area contributed by atoms with Crippen LogP contribution in [0.4, 0.5) is 18.9 Å². The summed E-state index contributed by atoms with van der Waals surface area (Å²) in [6, 6.07) is 18.0. The number of halogens is 3. The summed E-state index contributed by atoms with van der Waals surface area (Å²) < 4.78 is 71.4. The number of rotatable bonds is 9. The molecule has 1 N–H and O–H groups in total. The predicted octanol–water partition coefficient (Wildman–Crippen LogP) is 4.79. The Morgan fingerprint density at radius 2 is 1.60 bits per heavy atom. The average molecular weight is 507 g/mol. The fourth-order valence-corrected chi connectivity index (χ4v) is 4.29. The molecule has 0 heterocycles. The third-order valence-corrected chi connectivity index (χ3v) is 6.29. The number of nitrogens with zero attached hydrogens (tertiary/aromatic N) is 1. The summed E-state index contributed by atoms with van der Waals surface area (Å²) in [6.07, 6.45) is -3.87. The van der Waals surface area contributed by atoms with Crippen LogP contribution in [0.2, 0.25) is 0 Å². The summed E-state index contributed by atoms with van der Waals surface area (Å²) in [4.78, 5) is 12.4. The quantitative estimate of drug-likeness (QED) is 0.424. The Labute approximate surface area is 202 Å². The Morgan fingerprint density at radius 3 is 2.23 bits per heavy atom. The van der Waals surface area contributed by atoms with Crippen LogP contribution in [0, 0.1) is 6.92 Å². The van der Waals surface area contributed by atoms with E-state index in [1.807, 2.05) is 31.2 Å². The average Bonchev–Trinajstić information content (AvgIpc) is 2.80. The van der Waals surface area contributed by atoms with Crippen LogP contribution in [0.5, 0.6) is 5.75 Å². The molecule has 1 amide bonds. The fourth-order valence-electron chi connectivity index (χ4n) is 3.39. The molecule has 10 heteroatoms. The number of alkyl halides is 3. The van der Waals surface area contributed by atoms with Crippen LogP contribution in [-0.2, 0) is 22.7 Å². The van der Waals surface area contributed by atoms with E-state index < -0.39 is 27.5 Å². The van der Waals surface area contributed by atoms with E-state index >= 15 is 0 Å². The molecule has 35 heavy (non-hydrogen) atoms. The summed E-state index contributed by atoms with van der Waals surface area (Å²) in [5, 5.41) is 2.73. The van der Waals surface area contributed by atoms with Gasteiger partial charge in [0, 0.05) is 5.56 Å². The van der Waals surface area contributed by atoms with Crippen molar-refractivity contribution in [3.05, 3.63) is 95.1 Å². The number of hydrogen-bond donors (Lipinski definition) is 1. The van der Waals surface area contributed by atoms with E-state index in [4.69, 9.17) is 4.74 Å². The standard InChI is InChI=1S/C25H25F3N2O4S/c1-18-7-3-6-10-23(18)34-16-15-29-24(31)20-13-11-19(12-14-20)17-30(35(2,32)33)22-9-5-4-8-21(22)25(26,27)28/h3-14H,15-17H2,1-2H3,(H,29,31). The van der Waals surface area contributed by atoms with E-state index in [2.05, 4.69) is 5.32 Å². The van der Waals surface area contributed by atoms with E-state index in [1.165, 1.54) is 36.4 Å². The minimum atomic E-state index is -4.72. The number of para-hydroxylation sites is 2. The third-order valence-electron chi connectivity index (χ3n) is 5.16. The molecule has 0 aliphatic carbocycles. The summed E-state index contributed by atoms with van der Waals surface area (Å²) in [5.74, 6) is 0.376. The van der Waals surface area contributed by atoms with Crippen molar-refractivity contribution in [1.29, 1.82) is 0 Å². The number of carbonyl (C=O) groups is 1. The lowest BCUT2D eigenvalue weighted by molar-refractivity contribution is -0.137. The Balaban J connectivity index is 1.66. The van der Waals surface area contributed by atoms with E-state index in [-0.39, 0.29) is 25.6 Å². The highest BCUT2D eigenvalue weighted by molar-refractivity contribution is 7.92. The third kappa shape index (κ3) is 6.98. The van der Waals surface area contributed by atoms with Gasteiger partial charge in [-0.05, 0) is 48.4 Å². The molecule has 0 aromatic heterocycles. The van der Waals surface area contributed by atoms with Crippen LogP contribution in [0.15, 0.2) is 72.8 Å². The van der Waals surface area contributed by atoms with E-state index in [9.17, 15) is 26.4 Å². The van der Waals surface area contributed by atoms with Gasteiger partial charge in [0.05, 0.1) is 30.6 Å². The molecule has 0 radical (unpaired) electrons. The van der Waals surface area contributed by atoms with Gasteiger partial charge in [-0.1, -0.05) is 42.5 Å². The number of benzene rings is 3. The molecule has 3 aromatic rings. The lowest BCUT2D eigenvalue weighted by Crippen LogP contribution is -2.31. The van der Waals surface area contributed by atoms with Gasteiger partial charge in [-0.25, -0.2) is 8.42 Å². The molecule has 3 rings (SSSR count). The second-order valence-electron chi connectivity index (χ2n) is 7.85. The lowest BCUT2D eigenvalue weighted by atomic mass is 10.1. The fraction of sp³-hybridized carbons (Fsp3) is 0.240. The molecule has 186 valence electrons. The molecule has 0 spiro atoms. The van der Waals surface area contributed by atoms with Crippen LogP contribution in [-0.4, -0.2) is 33.7 Å². The predicted molar refractivity (Wildman–Crippen MR) is 128 cm³/mol. The summed E-state index contributed by atoms with van der Waals surface area (Å²) in [7, 11) is -4.03. The topological polar surface area (TPSA) is 75.7 Å². The Morgan fingerprint density at radius 1 is 0.971 bits per heavy atom. The molecule has 0 saturated heterocycles. The van der Waals surface area contributed by atoms with E-state index in [0.717, 1.165) is 29.7 Å². The van der Waals surface area contributed by atoms with E-state index in [1.54, 1.807) is 0 Å². The summed E-state index contributed by atoms with van der Waals surface area (Å²) in [5.41, 5.74) is 0.223.